The van der Waals surface area contributed by atoms with Crippen LogP contribution in [0, 0.1) is 0 Å². The molecule has 22 heavy (non-hydrogen) atoms. The molecule has 8 heteroatoms. The summed E-state index contributed by atoms with van der Waals surface area (Å²) in [6.45, 7) is 11.0. The molecule has 0 saturated heterocycles. The zero-order chi connectivity index (χ0) is 17.9. The van der Waals surface area contributed by atoms with E-state index < -0.39 is 15.5 Å². The fourth-order valence-electron chi connectivity index (χ4n) is 1.95. The number of halogens is 3. The van der Waals surface area contributed by atoms with E-state index in [1.54, 1.807) is 0 Å². The molecule has 0 aliphatic rings. The first-order valence-corrected chi connectivity index (χ1v) is 9.40. The van der Waals surface area contributed by atoms with Gasteiger partial charge in [0.15, 0.2) is 0 Å². The van der Waals surface area contributed by atoms with Gasteiger partial charge in [-0.05, 0) is 19.3 Å². The molecule has 0 aromatic carbocycles. The van der Waals surface area contributed by atoms with Crippen LogP contribution in [0.5, 0.6) is 0 Å². The Morgan fingerprint density at radius 2 is 1.09 bits per heavy atom. The van der Waals surface area contributed by atoms with Crippen LogP contribution in [-0.4, -0.2) is 45.1 Å². The predicted molar refractivity (Wildman–Crippen MR) is 84.7 cm³/mol. The third-order valence-corrected chi connectivity index (χ3v) is 4.12. The molecule has 2 N–H and O–H groups in total. The monoisotopic (exact) mass is 349 g/mol. The van der Waals surface area contributed by atoms with Gasteiger partial charge in [-0.3, -0.25) is 0 Å². The van der Waals surface area contributed by atoms with Gasteiger partial charge in [0, 0.05) is 0 Å². The number of primary sulfonamides is 1. The number of hydrogen-bond donors (Lipinski definition) is 1. The van der Waals surface area contributed by atoms with Gasteiger partial charge in [0.2, 0.25) is 0 Å². The second-order valence-electron chi connectivity index (χ2n) is 5.84. The van der Waals surface area contributed by atoms with Crippen LogP contribution in [0.15, 0.2) is 0 Å². The Bertz CT molecular complexity index is 349. The van der Waals surface area contributed by atoms with Crippen LogP contribution in [0.4, 0.5) is 13.2 Å². The van der Waals surface area contributed by atoms with Crippen molar-refractivity contribution in [3.63, 3.8) is 0 Å². The minimum atomic E-state index is -5.34. The third kappa shape index (κ3) is 12.2. The maximum atomic E-state index is 10.8. The van der Waals surface area contributed by atoms with Crippen molar-refractivity contribution in [2.45, 2.75) is 64.8 Å². The van der Waals surface area contributed by atoms with Crippen molar-refractivity contribution in [1.82, 2.24) is 0 Å². The van der Waals surface area contributed by atoms with Gasteiger partial charge in [-0.25, -0.2) is 13.6 Å². The summed E-state index contributed by atoms with van der Waals surface area (Å²) in [5, 5.41) is 3.66. The van der Waals surface area contributed by atoms with E-state index in [0.717, 1.165) is 0 Å². The fraction of sp³-hybridized carbons (Fsp3) is 1.00. The van der Waals surface area contributed by atoms with Crippen molar-refractivity contribution >= 4 is 10.0 Å². The van der Waals surface area contributed by atoms with E-state index >= 15 is 0 Å². The van der Waals surface area contributed by atoms with Crippen LogP contribution in [0.3, 0.4) is 0 Å². The summed E-state index contributed by atoms with van der Waals surface area (Å²) in [5.74, 6) is 0. The van der Waals surface area contributed by atoms with Gasteiger partial charge in [0.1, 0.15) is 0 Å². The van der Waals surface area contributed by atoms with Crippen molar-refractivity contribution in [3.05, 3.63) is 0 Å². The number of nitrogens with zero attached hydrogens (tertiary/aromatic N) is 1. The van der Waals surface area contributed by atoms with E-state index in [9.17, 15) is 21.6 Å². The smallest absolute Gasteiger partial charge is 0.326 e. The second-order valence-corrected chi connectivity index (χ2v) is 7.39. The molecule has 0 rings (SSSR count). The zero-order valence-corrected chi connectivity index (χ0v) is 15.1. The molecule has 0 bridgehead atoms. The standard InChI is InChI=1S/C13H30N.CH2F3NO2S/c1-5-8-11-14(4,12-9-6-2)13-10-7-3;2-1(3,4)8(5,6)7/h5-13H2,1-4H3;(H2,5,6,7)/q+1;. The van der Waals surface area contributed by atoms with Crippen LogP contribution in [-0.2, 0) is 10.0 Å². The summed E-state index contributed by atoms with van der Waals surface area (Å²) in [6, 6.07) is 0. The van der Waals surface area contributed by atoms with Crippen LogP contribution >= 0.6 is 0 Å². The van der Waals surface area contributed by atoms with Crippen LogP contribution in [0.2, 0.25) is 0 Å². The number of unbranched alkanes of at least 4 members (excludes halogenated alkanes) is 3. The molecule has 0 fully saturated rings. The maximum Gasteiger partial charge on any atom is 0.511 e. The highest BCUT2D eigenvalue weighted by Gasteiger charge is 2.42. The number of rotatable bonds is 9. The Hall–Kier alpha value is -0.340. The molecule has 0 aliphatic heterocycles. The van der Waals surface area contributed by atoms with Crippen LogP contribution < -0.4 is 5.14 Å². The van der Waals surface area contributed by atoms with Gasteiger partial charge >= 0.3 is 15.5 Å². The molecule has 0 aromatic heterocycles. The Labute approximate surface area is 133 Å². The normalized spacial score (nSPS) is 12.7. The Morgan fingerprint density at radius 1 is 0.864 bits per heavy atom. The van der Waals surface area contributed by atoms with E-state index in [4.69, 9.17) is 0 Å². The lowest BCUT2D eigenvalue weighted by Crippen LogP contribution is -2.46. The molecule has 0 heterocycles. The van der Waals surface area contributed by atoms with Gasteiger partial charge in [-0.15, -0.1) is 0 Å². The number of nitrogens with two attached hydrogens (primary N) is 1. The lowest BCUT2D eigenvalue weighted by molar-refractivity contribution is -0.910. The van der Waals surface area contributed by atoms with Crippen molar-refractivity contribution in [1.29, 1.82) is 0 Å². The van der Waals surface area contributed by atoms with Gasteiger partial charge in [-0.2, -0.15) is 13.2 Å². The molecule has 0 aromatic rings. The van der Waals surface area contributed by atoms with Crippen LogP contribution in [0.1, 0.15) is 59.3 Å². The first kappa shape index (κ1) is 23.9. The highest BCUT2D eigenvalue weighted by Crippen LogP contribution is 2.18. The molecular weight excluding hydrogens is 317 g/mol. The lowest BCUT2D eigenvalue weighted by Gasteiger charge is -2.34. The minimum Gasteiger partial charge on any atom is -0.326 e. The number of hydrogen-bond acceptors (Lipinski definition) is 2. The van der Waals surface area contributed by atoms with E-state index in [1.165, 1.54) is 62.6 Å². The average molecular weight is 349 g/mol. The summed E-state index contributed by atoms with van der Waals surface area (Å²) in [5.41, 5.74) is -5.31. The van der Waals surface area contributed by atoms with Gasteiger partial charge in [0.05, 0.1) is 26.7 Å². The Morgan fingerprint density at radius 3 is 1.23 bits per heavy atom. The molecule has 4 nitrogen and oxygen atoms in total. The summed E-state index contributed by atoms with van der Waals surface area (Å²) in [6.07, 6.45) is 8.20. The quantitative estimate of drug-likeness (QED) is 0.646. The molecule has 0 saturated carbocycles. The molecule has 0 aliphatic carbocycles. The van der Waals surface area contributed by atoms with E-state index in [1.807, 2.05) is 0 Å². The predicted octanol–water partition coefficient (Wildman–Crippen LogP) is 3.63. The maximum absolute atomic E-state index is 10.8. The van der Waals surface area contributed by atoms with E-state index in [0.29, 0.717) is 0 Å². The molecule has 0 amide bonds. The van der Waals surface area contributed by atoms with Gasteiger partial charge < -0.3 is 4.48 Å². The summed E-state index contributed by atoms with van der Waals surface area (Å²) < 4.78 is 52.5. The van der Waals surface area contributed by atoms with Crippen molar-refractivity contribution in [2.75, 3.05) is 26.7 Å². The Balaban J connectivity index is 0. The molecule has 0 radical (unpaired) electrons. The van der Waals surface area contributed by atoms with E-state index in [-0.39, 0.29) is 0 Å². The molecule has 136 valence electrons. The van der Waals surface area contributed by atoms with Crippen LogP contribution in [0.25, 0.3) is 0 Å². The molecule has 0 atom stereocenters. The summed E-state index contributed by atoms with van der Waals surface area (Å²) >= 11 is 0. The Kier molecular flexibility index (Phi) is 12.2. The summed E-state index contributed by atoms with van der Waals surface area (Å²) in [4.78, 5) is 0. The van der Waals surface area contributed by atoms with E-state index in [2.05, 4.69) is 33.0 Å². The average Bonchev–Trinajstić information content (AvgIpc) is 2.39. The van der Waals surface area contributed by atoms with Crippen molar-refractivity contribution < 1.29 is 26.1 Å². The van der Waals surface area contributed by atoms with Gasteiger partial charge in [-0.1, -0.05) is 40.0 Å². The summed E-state index contributed by atoms with van der Waals surface area (Å²) in [7, 11) is -2.89. The van der Waals surface area contributed by atoms with Gasteiger partial charge in [0.25, 0.3) is 0 Å². The van der Waals surface area contributed by atoms with Crippen molar-refractivity contribution in [3.8, 4) is 0 Å². The first-order valence-electron chi connectivity index (χ1n) is 7.86. The van der Waals surface area contributed by atoms with Crippen molar-refractivity contribution in [2.24, 2.45) is 5.14 Å². The topological polar surface area (TPSA) is 60.2 Å². The molecule has 0 spiro atoms. The number of quaternary nitrogens is 1. The lowest BCUT2D eigenvalue weighted by atomic mass is 10.2. The fourth-order valence-corrected chi connectivity index (χ4v) is 1.95. The molecular formula is C14H32F3N2O2S+. The second kappa shape index (κ2) is 11.2. The highest BCUT2D eigenvalue weighted by molar-refractivity contribution is 7.90. The SMILES string of the molecule is CCCC[N+](C)(CCCC)CCCC.NS(=O)(=O)C(F)(F)F. The first-order chi connectivity index (χ1) is 9.93. The number of sulfonamides is 1. The third-order valence-electron chi connectivity index (χ3n) is 3.48. The largest absolute Gasteiger partial charge is 0.511 e. The molecule has 0 unspecified atom stereocenters. The number of alkyl halides is 3. The highest BCUT2D eigenvalue weighted by atomic mass is 32.2. The minimum absolute atomic E-state index is 1.32. The zero-order valence-electron chi connectivity index (χ0n) is 14.2.